The lowest BCUT2D eigenvalue weighted by atomic mass is 9.95. The summed E-state index contributed by atoms with van der Waals surface area (Å²) in [5.41, 5.74) is 9.05. The van der Waals surface area contributed by atoms with Crippen LogP contribution in [-0.4, -0.2) is 9.55 Å². The molecule has 3 rings (SSSR count). The van der Waals surface area contributed by atoms with Crippen molar-refractivity contribution in [3.8, 4) is 0 Å². The first-order chi connectivity index (χ1) is 7.97. The minimum absolute atomic E-state index is 0.0797. The number of anilines is 1. The molecule has 0 bridgehead atoms. The molecule has 0 spiro atoms. The Morgan fingerprint density at radius 1 is 1.29 bits per heavy atom. The molecule has 1 aromatic carbocycles. The third kappa shape index (κ3) is 1.70. The van der Waals surface area contributed by atoms with Gasteiger partial charge in [-0.1, -0.05) is 20.8 Å². The first-order valence-corrected chi connectivity index (χ1v) is 6.25. The quantitative estimate of drug-likeness (QED) is 0.763. The monoisotopic (exact) mass is 229 g/mol. The lowest BCUT2D eigenvalue weighted by Crippen LogP contribution is -2.18. The number of fused-ring (bicyclic) bond motifs is 1. The van der Waals surface area contributed by atoms with Crippen LogP contribution >= 0.6 is 0 Å². The summed E-state index contributed by atoms with van der Waals surface area (Å²) < 4.78 is 2.39. The first kappa shape index (κ1) is 10.6. The van der Waals surface area contributed by atoms with Crippen LogP contribution in [0.25, 0.3) is 11.0 Å². The molecule has 0 saturated heterocycles. The minimum Gasteiger partial charge on any atom is -0.399 e. The molecule has 90 valence electrons. The van der Waals surface area contributed by atoms with Gasteiger partial charge in [0.25, 0.3) is 0 Å². The van der Waals surface area contributed by atoms with Gasteiger partial charge in [0.2, 0.25) is 0 Å². The van der Waals surface area contributed by atoms with Gasteiger partial charge in [0.1, 0.15) is 5.82 Å². The molecule has 3 nitrogen and oxygen atoms in total. The van der Waals surface area contributed by atoms with Crippen molar-refractivity contribution in [2.24, 2.45) is 0 Å². The van der Waals surface area contributed by atoms with Crippen LogP contribution in [0, 0.1) is 0 Å². The number of nitrogens with two attached hydrogens (primary N) is 1. The molecular weight excluding hydrogens is 210 g/mol. The zero-order valence-corrected chi connectivity index (χ0v) is 10.7. The van der Waals surface area contributed by atoms with Crippen LogP contribution in [0.1, 0.15) is 45.5 Å². The smallest absolute Gasteiger partial charge is 0.115 e. The summed E-state index contributed by atoms with van der Waals surface area (Å²) in [5, 5.41) is 0. The molecule has 2 N–H and O–H groups in total. The Hall–Kier alpha value is -1.51. The molecule has 0 atom stereocenters. The van der Waals surface area contributed by atoms with E-state index in [1.807, 2.05) is 12.1 Å². The second-order valence-electron chi connectivity index (χ2n) is 6.03. The summed E-state index contributed by atoms with van der Waals surface area (Å²) in [6.45, 7) is 6.66. The molecule has 1 aromatic heterocycles. The van der Waals surface area contributed by atoms with Gasteiger partial charge >= 0.3 is 0 Å². The van der Waals surface area contributed by atoms with Gasteiger partial charge in [-0.2, -0.15) is 0 Å². The van der Waals surface area contributed by atoms with Crippen molar-refractivity contribution in [2.75, 3.05) is 5.73 Å². The first-order valence-electron chi connectivity index (χ1n) is 6.25. The van der Waals surface area contributed by atoms with Gasteiger partial charge in [-0.25, -0.2) is 4.98 Å². The van der Waals surface area contributed by atoms with Crippen LogP contribution in [-0.2, 0) is 5.41 Å². The lowest BCUT2D eigenvalue weighted by Gasteiger charge is -2.20. The molecule has 2 aromatic rings. The van der Waals surface area contributed by atoms with E-state index < -0.39 is 0 Å². The van der Waals surface area contributed by atoms with Gasteiger partial charge < -0.3 is 10.3 Å². The highest BCUT2D eigenvalue weighted by Gasteiger charge is 2.32. The van der Waals surface area contributed by atoms with Crippen LogP contribution in [0.5, 0.6) is 0 Å². The Bertz CT molecular complexity index is 571. The summed E-state index contributed by atoms with van der Waals surface area (Å²) in [5.74, 6) is 1.18. The van der Waals surface area contributed by atoms with Gasteiger partial charge in [-0.15, -0.1) is 0 Å². The van der Waals surface area contributed by atoms with Crippen molar-refractivity contribution in [2.45, 2.75) is 45.1 Å². The summed E-state index contributed by atoms with van der Waals surface area (Å²) in [4.78, 5) is 4.79. The van der Waals surface area contributed by atoms with E-state index in [1.54, 1.807) is 0 Å². The molecule has 1 aliphatic carbocycles. The van der Waals surface area contributed by atoms with Crippen LogP contribution in [0.15, 0.2) is 18.2 Å². The highest BCUT2D eigenvalue weighted by atomic mass is 15.1. The van der Waals surface area contributed by atoms with E-state index in [-0.39, 0.29) is 5.41 Å². The molecule has 1 fully saturated rings. The number of rotatable bonds is 1. The maximum absolute atomic E-state index is 5.89. The Kier molecular flexibility index (Phi) is 2.03. The number of hydrogen-bond donors (Lipinski definition) is 1. The second kappa shape index (κ2) is 3.25. The molecule has 17 heavy (non-hydrogen) atoms. The van der Waals surface area contributed by atoms with Crippen molar-refractivity contribution in [3.63, 3.8) is 0 Å². The summed E-state index contributed by atoms with van der Waals surface area (Å²) in [6.07, 6.45) is 2.53. The van der Waals surface area contributed by atoms with Crippen LogP contribution in [0.2, 0.25) is 0 Å². The third-order valence-electron chi connectivity index (χ3n) is 3.30. The van der Waals surface area contributed by atoms with Gasteiger partial charge in [0.05, 0.1) is 11.0 Å². The van der Waals surface area contributed by atoms with E-state index in [9.17, 15) is 0 Å². The highest BCUT2D eigenvalue weighted by molar-refractivity contribution is 5.80. The van der Waals surface area contributed by atoms with E-state index in [4.69, 9.17) is 10.7 Å². The topological polar surface area (TPSA) is 43.8 Å². The summed E-state index contributed by atoms with van der Waals surface area (Å²) >= 11 is 0. The maximum Gasteiger partial charge on any atom is 0.115 e. The van der Waals surface area contributed by atoms with E-state index in [2.05, 4.69) is 31.4 Å². The number of imidazole rings is 1. The van der Waals surface area contributed by atoms with E-state index in [0.29, 0.717) is 6.04 Å². The van der Waals surface area contributed by atoms with Crippen LogP contribution in [0.4, 0.5) is 5.69 Å². The SMILES string of the molecule is CC(C)(C)c1nc2ccc(N)cc2n1C1CC1. The number of nitrogen functional groups attached to an aromatic ring is 1. The fourth-order valence-electron chi connectivity index (χ4n) is 2.34. The van der Waals surface area contributed by atoms with Crippen molar-refractivity contribution < 1.29 is 0 Å². The van der Waals surface area contributed by atoms with Gasteiger partial charge in [0, 0.05) is 17.1 Å². The maximum atomic E-state index is 5.89. The average Bonchev–Trinajstić information content (AvgIpc) is 2.98. The molecule has 0 amide bonds. The molecule has 1 heterocycles. The molecule has 0 unspecified atom stereocenters. The average molecular weight is 229 g/mol. The summed E-state index contributed by atoms with van der Waals surface area (Å²) in [7, 11) is 0. The van der Waals surface area contributed by atoms with Crippen LogP contribution < -0.4 is 5.73 Å². The molecule has 1 aliphatic rings. The third-order valence-corrected chi connectivity index (χ3v) is 3.30. The van der Waals surface area contributed by atoms with Crippen LogP contribution in [0.3, 0.4) is 0 Å². The van der Waals surface area contributed by atoms with Gasteiger partial charge in [0.15, 0.2) is 0 Å². The minimum atomic E-state index is 0.0797. The summed E-state index contributed by atoms with van der Waals surface area (Å²) in [6, 6.07) is 6.64. The largest absolute Gasteiger partial charge is 0.399 e. The van der Waals surface area contributed by atoms with Crippen molar-refractivity contribution in [1.82, 2.24) is 9.55 Å². The second-order valence-corrected chi connectivity index (χ2v) is 6.03. The number of benzene rings is 1. The molecule has 0 aliphatic heterocycles. The molecule has 0 radical (unpaired) electrons. The highest BCUT2D eigenvalue weighted by Crippen LogP contribution is 2.41. The van der Waals surface area contributed by atoms with Gasteiger partial charge in [-0.05, 0) is 31.0 Å². The normalized spacial score (nSPS) is 16.6. The van der Waals surface area contributed by atoms with E-state index >= 15 is 0 Å². The zero-order valence-electron chi connectivity index (χ0n) is 10.7. The van der Waals surface area contributed by atoms with Gasteiger partial charge in [-0.3, -0.25) is 0 Å². The fourth-order valence-corrected chi connectivity index (χ4v) is 2.34. The number of hydrogen-bond acceptors (Lipinski definition) is 2. The number of aromatic nitrogens is 2. The Labute approximate surface area is 102 Å². The standard InChI is InChI=1S/C14H19N3/c1-14(2,3)13-16-11-7-4-9(15)8-12(11)17(13)10-5-6-10/h4,7-8,10H,5-6,15H2,1-3H3. The van der Waals surface area contributed by atoms with Crippen molar-refractivity contribution in [1.29, 1.82) is 0 Å². The Morgan fingerprint density at radius 2 is 2.00 bits per heavy atom. The van der Waals surface area contributed by atoms with Crippen molar-refractivity contribution >= 4 is 16.7 Å². The lowest BCUT2D eigenvalue weighted by molar-refractivity contribution is 0.507. The predicted octanol–water partition coefficient (Wildman–Crippen LogP) is 3.25. The Morgan fingerprint density at radius 3 is 2.59 bits per heavy atom. The molecule has 1 saturated carbocycles. The van der Waals surface area contributed by atoms with E-state index in [1.165, 1.54) is 24.2 Å². The molecular formula is C14H19N3. The predicted molar refractivity (Wildman–Crippen MR) is 71.1 cm³/mol. The zero-order chi connectivity index (χ0) is 12.2. The molecule has 3 heteroatoms. The van der Waals surface area contributed by atoms with E-state index in [0.717, 1.165) is 11.2 Å². The Balaban J connectivity index is 2.31. The fraction of sp³-hybridized carbons (Fsp3) is 0.500. The number of nitrogens with zero attached hydrogens (tertiary/aromatic N) is 2. The van der Waals surface area contributed by atoms with Crippen molar-refractivity contribution in [3.05, 3.63) is 24.0 Å².